The van der Waals surface area contributed by atoms with Gasteiger partial charge in [0.15, 0.2) is 0 Å². The van der Waals surface area contributed by atoms with Gasteiger partial charge in [-0.3, -0.25) is 0 Å². The zero-order valence-corrected chi connectivity index (χ0v) is 13.9. The van der Waals surface area contributed by atoms with Gasteiger partial charge in [0, 0.05) is 17.3 Å². The Morgan fingerprint density at radius 1 is 1.12 bits per heavy atom. The number of nitrogens with zero attached hydrogens (tertiary/aromatic N) is 2. The van der Waals surface area contributed by atoms with E-state index in [4.69, 9.17) is 4.42 Å². The molecule has 0 atom stereocenters. The molecule has 4 aromatic rings. The third-order valence-corrected chi connectivity index (χ3v) is 4.09. The van der Waals surface area contributed by atoms with Crippen molar-refractivity contribution in [2.75, 3.05) is 7.11 Å². The van der Waals surface area contributed by atoms with Crippen molar-refractivity contribution in [2.45, 2.75) is 0 Å². The van der Waals surface area contributed by atoms with Crippen LogP contribution in [0.15, 0.2) is 76.3 Å². The molecule has 2 heterocycles. The summed E-state index contributed by atoms with van der Waals surface area (Å²) in [7, 11) is 1.34. The molecule has 0 aliphatic carbocycles. The molecule has 0 aliphatic heterocycles. The molecular weight excluding hydrogens is 332 g/mol. The van der Waals surface area contributed by atoms with Crippen LogP contribution in [0.5, 0.6) is 0 Å². The van der Waals surface area contributed by atoms with Crippen LogP contribution in [0.4, 0.5) is 0 Å². The van der Waals surface area contributed by atoms with Crippen molar-refractivity contribution in [1.29, 1.82) is 0 Å². The number of ether oxygens (including phenoxy) is 1. The summed E-state index contributed by atoms with van der Waals surface area (Å²) in [5.41, 5.74) is 2.29. The summed E-state index contributed by atoms with van der Waals surface area (Å²) in [5, 5.41) is 0.832. The Bertz CT molecular complexity index is 1160. The van der Waals surface area contributed by atoms with E-state index in [1.807, 2.05) is 18.2 Å². The normalized spacial score (nSPS) is 10.8. The van der Waals surface area contributed by atoms with E-state index in [9.17, 15) is 9.59 Å². The standard InChI is InChI=1S/C20H14N2O4/c1-25-19(23)13-6-8-15(9-7-13)22-11-17(21-12-22)16-10-14-4-2-3-5-18(14)26-20(16)24/h2-12H,1H3. The number of aromatic nitrogens is 2. The summed E-state index contributed by atoms with van der Waals surface area (Å²) < 4.78 is 11.8. The Balaban J connectivity index is 1.71. The van der Waals surface area contributed by atoms with Crippen LogP contribution in [0.25, 0.3) is 27.9 Å². The molecule has 0 radical (unpaired) electrons. The third-order valence-electron chi connectivity index (χ3n) is 4.09. The number of esters is 1. The molecule has 0 fully saturated rings. The van der Waals surface area contributed by atoms with Crippen molar-refractivity contribution >= 4 is 16.9 Å². The summed E-state index contributed by atoms with van der Waals surface area (Å²) in [4.78, 5) is 28.1. The number of fused-ring (bicyclic) bond motifs is 1. The van der Waals surface area contributed by atoms with Crippen LogP contribution in [-0.4, -0.2) is 22.6 Å². The van der Waals surface area contributed by atoms with E-state index >= 15 is 0 Å². The Morgan fingerprint density at radius 3 is 2.65 bits per heavy atom. The average Bonchev–Trinajstić information content (AvgIpc) is 3.17. The summed E-state index contributed by atoms with van der Waals surface area (Å²) in [6.07, 6.45) is 3.35. The zero-order valence-electron chi connectivity index (χ0n) is 13.9. The van der Waals surface area contributed by atoms with Crippen molar-refractivity contribution in [3.05, 3.63) is 83.1 Å². The molecule has 0 unspecified atom stereocenters. The smallest absolute Gasteiger partial charge is 0.345 e. The first-order chi connectivity index (χ1) is 12.7. The van der Waals surface area contributed by atoms with Crippen molar-refractivity contribution in [3.8, 4) is 16.9 Å². The summed E-state index contributed by atoms with van der Waals surface area (Å²) >= 11 is 0. The molecule has 26 heavy (non-hydrogen) atoms. The Kier molecular flexibility index (Phi) is 3.85. The summed E-state index contributed by atoms with van der Waals surface area (Å²) in [5.74, 6) is -0.392. The zero-order chi connectivity index (χ0) is 18.1. The van der Waals surface area contributed by atoms with Crippen LogP contribution in [0.3, 0.4) is 0 Å². The lowest BCUT2D eigenvalue weighted by Gasteiger charge is -2.03. The predicted octanol–water partition coefficient (Wildman–Crippen LogP) is 3.43. The molecule has 0 saturated carbocycles. The Hall–Kier alpha value is -3.67. The van der Waals surface area contributed by atoms with Crippen molar-refractivity contribution in [2.24, 2.45) is 0 Å². The number of methoxy groups -OCH3 is 1. The van der Waals surface area contributed by atoms with Gasteiger partial charge in [-0.05, 0) is 36.4 Å². The highest BCUT2D eigenvalue weighted by Crippen LogP contribution is 2.21. The number of para-hydroxylation sites is 1. The lowest BCUT2D eigenvalue weighted by molar-refractivity contribution is 0.0600. The molecule has 0 aliphatic rings. The van der Waals surface area contributed by atoms with Crippen molar-refractivity contribution in [1.82, 2.24) is 9.55 Å². The molecule has 0 saturated heterocycles. The topological polar surface area (TPSA) is 74.3 Å². The van der Waals surface area contributed by atoms with Gasteiger partial charge in [0.1, 0.15) is 5.58 Å². The molecular formula is C20H14N2O4. The van der Waals surface area contributed by atoms with E-state index < -0.39 is 11.6 Å². The lowest BCUT2D eigenvalue weighted by atomic mass is 10.1. The maximum absolute atomic E-state index is 12.3. The van der Waals surface area contributed by atoms with Gasteiger partial charge in [-0.15, -0.1) is 0 Å². The van der Waals surface area contributed by atoms with Gasteiger partial charge in [0.05, 0.1) is 30.3 Å². The first-order valence-electron chi connectivity index (χ1n) is 7.92. The highest BCUT2D eigenvalue weighted by Gasteiger charge is 2.11. The summed E-state index contributed by atoms with van der Waals surface area (Å²) in [6, 6.07) is 16.0. The van der Waals surface area contributed by atoms with Gasteiger partial charge in [0.2, 0.25) is 0 Å². The van der Waals surface area contributed by atoms with Crippen LogP contribution < -0.4 is 5.63 Å². The minimum Gasteiger partial charge on any atom is -0.465 e. The minimum atomic E-state index is -0.435. The lowest BCUT2D eigenvalue weighted by Crippen LogP contribution is -2.02. The minimum absolute atomic E-state index is 0.392. The van der Waals surface area contributed by atoms with Gasteiger partial charge < -0.3 is 13.7 Å². The SMILES string of the molecule is COC(=O)c1ccc(-n2cnc(-c3cc4ccccc4oc3=O)c2)cc1. The molecule has 6 heteroatoms. The average molecular weight is 346 g/mol. The highest BCUT2D eigenvalue weighted by molar-refractivity contribution is 5.89. The molecule has 0 bridgehead atoms. The first-order valence-corrected chi connectivity index (χ1v) is 7.92. The molecule has 2 aromatic carbocycles. The fourth-order valence-electron chi connectivity index (χ4n) is 2.73. The molecule has 2 aromatic heterocycles. The van der Waals surface area contributed by atoms with Crippen LogP contribution in [0.1, 0.15) is 10.4 Å². The number of carbonyl (C=O) groups excluding carboxylic acids is 1. The van der Waals surface area contributed by atoms with Gasteiger partial charge in [0.25, 0.3) is 0 Å². The van der Waals surface area contributed by atoms with E-state index in [0.717, 1.165) is 11.1 Å². The fraction of sp³-hybridized carbons (Fsp3) is 0.0500. The number of carbonyl (C=O) groups is 1. The van der Waals surface area contributed by atoms with Gasteiger partial charge >= 0.3 is 11.6 Å². The number of rotatable bonds is 3. The second-order valence-corrected chi connectivity index (χ2v) is 5.69. The van der Waals surface area contributed by atoms with E-state index in [1.165, 1.54) is 7.11 Å². The van der Waals surface area contributed by atoms with Crippen LogP contribution in [0.2, 0.25) is 0 Å². The second-order valence-electron chi connectivity index (χ2n) is 5.69. The van der Waals surface area contributed by atoms with E-state index in [0.29, 0.717) is 22.4 Å². The monoisotopic (exact) mass is 346 g/mol. The number of benzene rings is 2. The van der Waals surface area contributed by atoms with Crippen LogP contribution in [-0.2, 0) is 4.74 Å². The van der Waals surface area contributed by atoms with E-state index in [1.54, 1.807) is 53.5 Å². The van der Waals surface area contributed by atoms with Gasteiger partial charge in [-0.1, -0.05) is 18.2 Å². The molecule has 0 N–H and O–H groups in total. The third kappa shape index (κ3) is 2.77. The van der Waals surface area contributed by atoms with Crippen LogP contribution in [0, 0.1) is 0 Å². The Morgan fingerprint density at radius 2 is 1.88 bits per heavy atom. The predicted molar refractivity (Wildman–Crippen MR) is 96.4 cm³/mol. The van der Waals surface area contributed by atoms with Crippen molar-refractivity contribution < 1.29 is 13.9 Å². The molecule has 128 valence electrons. The molecule has 0 spiro atoms. The fourth-order valence-corrected chi connectivity index (χ4v) is 2.73. The number of imidazole rings is 1. The van der Waals surface area contributed by atoms with E-state index in [2.05, 4.69) is 9.72 Å². The largest absolute Gasteiger partial charge is 0.465 e. The van der Waals surface area contributed by atoms with E-state index in [-0.39, 0.29) is 0 Å². The molecule has 4 rings (SSSR count). The number of hydrogen-bond donors (Lipinski definition) is 0. The van der Waals surface area contributed by atoms with Gasteiger partial charge in [-0.25, -0.2) is 14.6 Å². The second kappa shape index (κ2) is 6.33. The Labute approximate surface area is 148 Å². The molecule has 6 nitrogen and oxygen atoms in total. The summed E-state index contributed by atoms with van der Waals surface area (Å²) in [6.45, 7) is 0. The van der Waals surface area contributed by atoms with Gasteiger partial charge in [-0.2, -0.15) is 0 Å². The number of hydrogen-bond acceptors (Lipinski definition) is 5. The quantitative estimate of drug-likeness (QED) is 0.420. The highest BCUT2D eigenvalue weighted by atomic mass is 16.5. The molecule has 0 amide bonds. The maximum atomic E-state index is 12.3. The van der Waals surface area contributed by atoms with Crippen LogP contribution >= 0.6 is 0 Å². The van der Waals surface area contributed by atoms with Crippen molar-refractivity contribution in [3.63, 3.8) is 0 Å². The first kappa shape index (κ1) is 15.8. The maximum Gasteiger partial charge on any atom is 0.345 e.